The lowest BCUT2D eigenvalue weighted by Crippen LogP contribution is -2.31. The summed E-state index contributed by atoms with van der Waals surface area (Å²) in [7, 11) is 4.56. The van der Waals surface area contributed by atoms with Crippen LogP contribution in [0.25, 0.3) is 0 Å². The molecule has 2 aromatic carbocycles. The summed E-state index contributed by atoms with van der Waals surface area (Å²) in [6.07, 6.45) is 0. The van der Waals surface area contributed by atoms with Gasteiger partial charge in [0, 0.05) is 13.6 Å². The fraction of sp³-hybridized carbons (Fsp3) is 0.333. The van der Waals surface area contributed by atoms with E-state index in [1.807, 2.05) is 26.0 Å². The molecule has 7 heteroatoms. The van der Waals surface area contributed by atoms with Crippen LogP contribution in [0, 0.1) is 13.8 Å². The second kappa shape index (κ2) is 9.46. The number of halogens is 1. The quantitative estimate of drug-likeness (QED) is 0.656. The van der Waals surface area contributed by atoms with Crippen LogP contribution < -0.4 is 9.47 Å². The normalized spacial score (nSPS) is 10.4. The van der Waals surface area contributed by atoms with Crippen LogP contribution in [0.15, 0.2) is 30.3 Å². The van der Waals surface area contributed by atoms with E-state index in [9.17, 15) is 9.59 Å². The SMILES string of the molecule is COc1cc(C(=O)OCC(=O)N(C)Cc2ccc(C)cc2C)cc(Cl)c1OC. The lowest BCUT2D eigenvalue weighted by Gasteiger charge is -2.19. The Hall–Kier alpha value is -2.73. The number of ether oxygens (including phenoxy) is 3. The van der Waals surface area contributed by atoms with E-state index in [1.165, 1.54) is 31.3 Å². The van der Waals surface area contributed by atoms with E-state index >= 15 is 0 Å². The van der Waals surface area contributed by atoms with Gasteiger partial charge in [-0.1, -0.05) is 35.4 Å². The van der Waals surface area contributed by atoms with Gasteiger partial charge in [-0.15, -0.1) is 0 Å². The highest BCUT2D eigenvalue weighted by Gasteiger charge is 2.18. The summed E-state index contributed by atoms with van der Waals surface area (Å²) in [6, 6.07) is 8.92. The second-order valence-electron chi connectivity index (χ2n) is 6.45. The third kappa shape index (κ3) is 5.16. The van der Waals surface area contributed by atoms with Gasteiger partial charge in [0.05, 0.1) is 24.8 Å². The smallest absolute Gasteiger partial charge is 0.338 e. The van der Waals surface area contributed by atoms with Gasteiger partial charge in [0.1, 0.15) is 0 Å². The first-order valence-electron chi connectivity index (χ1n) is 8.65. The number of benzene rings is 2. The number of methoxy groups -OCH3 is 2. The molecular weight excluding hydrogens is 382 g/mol. The zero-order valence-electron chi connectivity index (χ0n) is 16.7. The Bertz CT molecular complexity index is 881. The van der Waals surface area contributed by atoms with Crippen LogP contribution in [-0.2, 0) is 16.1 Å². The van der Waals surface area contributed by atoms with Crippen molar-refractivity contribution in [1.29, 1.82) is 0 Å². The Labute approximate surface area is 169 Å². The Morgan fingerprint density at radius 3 is 2.39 bits per heavy atom. The molecule has 6 nitrogen and oxygen atoms in total. The maximum absolute atomic E-state index is 12.3. The molecule has 2 rings (SSSR count). The molecule has 0 saturated heterocycles. The highest BCUT2D eigenvalue weighted by Crippen LogP contribution is 2.36. The molecule has 28 heavy (non-hydrogen) atoms. The number of nitrogens with zero attached hydrogens (tertiary/aromatic N) is 1. The molecule has 0 spiro atoms. The molecule has 1 amide bonds. The molecule has 0 aliphatic carbocycles. The van der Waals surface area contributed by atoms with E-state index < -0.39 is 5.97 Å². The monoisotopic (exact) mass is 405 g/mol. The van der Waals surface area contributed by atoms with Gasteiger partial charge < -0.3 is 19.1 Å². The van der Waals surface area contributed by atoms with Gasteiger partial charge in [-0.25, -0.2) is 4.79 Å². The number of rotatable bonds is 7. The average molecular weight is 406 g/mol. The topological polar surface area (TPSA) is 65.1 Å². The standard InChI is InChI=1S/C21H24ClNO5/c1-13-6-7-15(14(2)8-13)11-23(3)19(24)12-28-21(25)16-9-17(22)20(27-5)18(10-16)26-4/h6-10H,11-12H2,1-5H3. The Kier molecular flexibility index (Phi) is 7.29. The molecule has 0 radical (unpaired) electrons. The number of hydrogen-bond donors (Lipinski definition) is 0. The molecular formula is C21H24ClNO5. The fourth-order valence-electron chi connectivity index (χ4n) is 2.72. The number of likely N-dealkylation sites (N-methyl/N-ethyl adjacent to an activating group) is 1. The highest BCUT2D eigenvalue weighted by atomic mass is 35.5. The van der Waals surface area contributed by atoms with Gasteiger partial charge in [-0.2, -0.15) is 0 Å². The van der Waals surface area contributed by atoms with Crippen molar-refractivity contribution < 1.29 is 23.8 Å². The Balaban J connectivity index is 2.00. The lowest BCUT2D eigenvalue weighted by molar-refractivity contribution is -0.133. The minimum Gasteiger partial charge on any atom is -0.493 e. The van der Waals surface area contributed by atoms with Crippen molar-refractivity contribution in [2.45, 2.75) is 20.4 Å². The Morgan fingerprint density at radius 1 is 1.07 bits per heavy atom. The molecule has 0 aromatic heterocycles. The summed E-state index contributed by atoms with van der Waals surface area (Å²) in [5.74, 6) is -0.346. The molecule has 0 saturated carbocycles. The third-order valence-electron chi connectivity index (χ3n) is 4.33. The predicted octanol–water partition coefficient (Wildman–Crippen LogP) is 3.79. The summed E-state index contributed by atoms with van der Waals surface area (Å²) in [6.45, 7) is 4.09. The van der Waals surface area contributed by atoms with Crippen molar-refractivity contribution in [2.24, 2.45) is 0 Å². The first-order chi connectivity index (χ1) is 13.3. The number of esters is 1. The molecule has 2 aromatic rings. The van der Waals surface area contributed by atoms with Crippen LogP contribution in [0.1, 0.15) is 27.0 Å². The van der Waals surface area contributed by atoms with Gasteiger partial charge in [0.2, 0.25) is 0 Å². The largest absolute Gasteiger partial charge is 0.493 e. The maximum atomic E-state index is 12.3. The van der Waals surface area contributed by atoms with Crippen LogP contribution in [0.2, 0.25) is 5.02 Å². The highest BCUT2D eigenvalue weighted by molar-refractivity contribution is 6.32. The van der Waals surface area contributed by atoms with Gasteiger partial charge in [0.15, 0.2) is 18.1 Å². The summed E-state index contributed by atoms with van der Waals surface area (Å²) < 4.78 is 15.4. The number of amides is 1. The van der Waals surface area contributed by atoms with Crippen molar-refractivity contribution in [3.8, 4) is 11.5 Å². The van der Waals surface area contributed by atoms with Crippen molar-refractivity contribution in [3.05, 3.63) is 57.6 Å². The van der Waals surface area contributed by atoms with Crippen molar-refractivity contribution in [3.63, 3.8) is 0 Å². The molecule has 150 valence electrons. The minimum atomic E-state index is -0.670. The van der Waals surface area contributed by atoms with E-state index in [2.05, 4.69) is 6.07 Å². The minimum absolute atomic E-state index is 0.174. The summed E-state index contributed by atoms with van der Waals surface area (Å²) in [5, 5.41) is 0.215. The number of hydrogen-bond acceptors (Lipinski definition) is 5. The molecule has 0 aliphatic heterocycles. The summed E-state index contributed by atoms with van der Waals surface area (Å²) in [4.78, 5) is 26.1. The Morgan fingerprint density at radius 2 is 1.79 bits per heavy atom. The first-order valence-corrected chi connectivity index (χ1v) is 9.03. The molecule has 0 unspecified atom stereocenters. The zero-order valence-corrected chi connectivity index (χ0v) is 17.4. The van der Waals surface area contributed by atoms with E-state index in [-0.39, 0.29) is 23.1 Å². The number of carbonyl (C=O) groups excluding carboxylic acids is 2. The lowest BCUT2D eigenvalue weighted by atomic mass is 10.1. The van der Waals surface area contributed by atoms with Gasteiger partial charge in [0.25, 0.3) is 5.91 Å². The van der Waals surface area contributed by atoms with E-state index in [1.54, 1.807) is 7.05 Å². The summed E-state index contributed by atoms with van der Waals surface area (Å²) >= 11 is 6.10. The maximum Gasteiger partial charge on any atom is 0.338 e. The van der Waals surface area contributed by atoms with Crippen LogP contribution in [-0.4, -0.2) is 44.7 Å². The van der Waals surface area contributed by atoms with Crippen LogP contribution in [0.3, 0.4) is 0 Å². The molecule has 0 aliphatic rings. The zero-order chi connectivity index (χ0) is 20.8. The molecule has 0 atom stereocenters. The number of aryl methyl sites for hydroxylation is 2. The third-order valence-corrected chi connectivity index (χ3v) is 4.61. The van der Waals surface area contributed by atoms with Crippen molar-refractivity contribution in [2.75, 3.05) is 27.9 Å². The van der Waals surface area contributed by atoms with Crippen molar-refractivity contribution >= 4 is 23.5 Å². The predicted molar refractivity (Wildman–Crippen MR) is 107 cm³/mol. The van der Waals surface area contributed by atoms with E-state index in [0.717, 1.165) is 16.7 Å². The van der Waals surface area contributed by atoms with Gasteiger partial charge in [-0.05, 0) is 37.1 Å². The molecule has 0 fully saturated rings. The average Bonchev–Trinajstić information content (AvgIpc) is 2.66. The number of carbonyl (C=O) groups is 2. The van der Waals surface area contributed by atoms with E-state index in [0.29, 0.717) is 18.0 Å². The molecule has 0 bridgehead atoms. The van der Waals surface area contributed by atoms with Crippen LogP contribution in [0.4, 0.5) is 0 Å². The van der Waals surface area contributed by atoms with E-state index in [4.69, 9.17) is 25.8 Å². The fourth-order valence-corrected chi connectivity index (χ4v) is 3.01. The van der Waals surface area contributed by atoms with Crippen LogP contribution >= 0.6 is 11.6 Å². The van der Waals surface area contributed by atoms with Crippen molar-refractivity contribution in [1.82, 2.24) is 4.90 Å². The summed E-state index contributed by atoms with van der Waals surface area (Å²) in [5.41, 5.74) is 3.49. The molecule has 0 N–H and O–H groups in total. The first kappa shape index (κ1) is 21.6. The molecule has 0 heterocycles. The van der Waals surface area contributed by atoms with Crippen LogP contribution in [0.5, 0.6) is 11.5 Å². The van der Waals surface area contributed by atoms with Gasteiger partial charge in [-0.3, -0.25) is 4.79 Å². The van der Waals surface area contributed by atoms with Gasteiger partial charge >= 0.3 is 5.97 Å². The second-order valence-corrected chi connectivity index (χ2v) is 6.86.